The summed E-state index contributed by atoms with van der Waals surface area (Å²) in [6.45, 7) is 2.10. The number of aryl methyl sites for hydroxylation is 1. The Kier molecular flexibility index (Phi) is 4.31. The lowest BCUT2D eigenvalue weighted by Crippen LogP contribution is -2.00. The van der Waals surface area contributed by atoms with E-state index in [9.17, 15) is 4.79 Å². The minimum absolute atomic E-state index is 0.160. The van der Waals surface area contributed by atoms with Gasteiger partial charge < -0.3 is 0 Å². The molecule has 3 nitrogen and oxygen atoms in total. The van der Waals surface area contributed by atoms with Gasteiger partial charge in [0.15, 0.2) is 5.78 Å². The van der Waals surface area contributed by atoms with Crippen LogP contribution in [0.15, 0.2) is 47.8 Å². The number of carbonyl (C=O) groups is 1. The number of Topliss-reactive ketones (excluding diaryl/α,β-unsaturated/α-hetero) is 1. The predicted octanol–water partition coefficient (Wildman–Crippen LogP) is 4.23. The number of benzene rings is 1. The van der Waals surface area contributed by atoms with E-state index in [4.69, 9.17) is 0 Å². The summed E-state index contributed by atoms with van der Waals surface area (Å²) in [6.07, 6.45) is 2.52. The molecule has 0 saturated heterocycles. The molecule has 0 aliphatic rings. The topological polar surface area (TPSA) is 42.9 Å². The van der Waals surface area contributed by atoms with Crippen molar-refractivity contribution in [3.05, 3.63) is 52.5 Å². The van der Waals surface area contributed by atoms with Crippen molar-refractivity contribution in [3.63, 3.8) is 0 Å². The Morgan fingerprint density at radius 1 is 1.19 bits per heavy atom. The van der Waals surface area contributed by atoms with Crippen LogP contribution in [-0.4, -0.2) is 21.5 Å². The van der Waals surface area contributed by atoms with Crippen molar-refractivity contribution >= 4 is 39.8 Å². The summed E-state index contributed by atoms with van der Waals surface area (Å²) in [6, 6.07) is 11.8. The van der Waals surface area contributed by atoms with Crippen LogP contribution < -0.4 is 0 Å². The van der Waals surface area contributed by atoms with Crippen molar-refractivity contribution in [2.24, 2.45) is 0 Å². The molecule has 0 spiro atoms. The van der Waals surface area contributed by atoms with Crippen molar-refractivity contribution in [3.8, 4) is 0 Å². The van der Waals surface area contributed by atoms with Crippen LogP contribution in [-0.2, 0) is 6.42 Å². The molecule has 3 rings (SSSR count). The number of fused-ring (bicyclic) bond motifs is 1. The molecule has 0 bridgehead atoms. The van der Waals surface area contributed by atoms with Crippen molar-refractivity contribution in [1.82, 2.24) is 9.97 Å². The number of rotatable bonds is 5. The highest BCUT2D eigenvalue weighted by Gasteiger charge is 2.11. The molecule has 0 saturated carbocycles. The van der Waals surface area contributed by atoms with Gasteiger partial charge in [-0.25, -0.2) is 9.97 Å². The van der Waals surface area contributed by atoms with Gasteiger partial charge >= 0.3 is 0 Å². The third-order valence-electron chi connectivity index (χ3n) is 3.13. The van der Waals surface area contributed by atoms with Crippen LogP contribution in [0.2, 0.25) is 0 Å². The second-order valence-corrected chi connectivity index (χ2v) is 6.66. The Morgan fingerprint density at radius 2 is 2.05 bits per heavy atom. The molecule has 2 aromatic heterocycles. The fourth-order valence-electron chi connectivity index (χ4n) is 2.02. The first kappa shape index (κ1) is 14.2. The van der Waals surface area contributed by atoms with Crippen molar-refractivity contribution in [1.29, 1.82) is 0 Å². The number of hydrogen-bond donors (Lipinski definition) is 0. The molecule has 0 radical (unpaired) electrons. The number of ketones is 1. The molecule has 0 N–H and O–H groups in total. The van der Waals surface area contributed by atoms with E-state index in [-0.39, 0.29) is 5.78 Å². The van der Waals surface area contributed by atoms with Crippen LogP contribution in [0.1, 0.15) is 21.5 Å². The number of para-hydroxylation sites is 1. The molecule has 0 amide bonds. The van der Waals surface area contributed by atoms with Crippen LogP contribution >= 0.6 is 23.1 Å². The van der Waals surface area contributed by atoms with Gasteiger partial charge in [0.05, 0.1) is 16.1 Å². The minimum atomic E-state index is 0.160. The number of thioether (sulfide) groups is 1. The maximum absolute atomic E-state index is 12.2. The zero-order valence-corrected chi connectivity index (χ0v) is 13.2. The van der Waals surface area contributed by atoms with E-state index in [1.165, 1.54) is 16.6 Å². The van der Waals surface area contributed by atoms with E-state index in [0.29, 0.717) is 5.75 Å². The Balaban J connectivity index is 1.75. The second-order valence-electron chi connectivity index (χ2n) is 4.53. The molecule has 3 aromatic rings. The monoisotopic (exact) mass is 314 g/mol. The highest BCUT2D eigenvalue weighted by Crippen LogP contribution is 2.26. The van der Waals surface area contributed by atoms with Gasteiger partial charge in [-0.2, -0.15) is 0 Å². The summed E-state index contributed by atoms with van der Waals surface area (Å²) >= 11 is 3.06. The van der Waals surface area contributed by atoms with Crippen molar-refractivity contribution < 1.29 is 4.79 Å². The number of nitrogens with zero attached hydrogens (tertiary/aromatic N) is 2. The Bertz CT molecular complexity index is 777. The highest BCUT2D eigenvalue weighted by molar-refractivity contribution is 8.00. The maximum atomic E-state index is 12.2. The lowest BCUT2D eigenvalue weighted by atomic mass is 10.2. The lowest BCUT2D eigenvalue weighted by Gasteiger charge is -2.03. The lowest BCUT2D eigenvalue weighted by molar-refractivity contribution is 0.102. The summed E-state index contributed by atoms with van der Waals surface area (Å²) in [7, 11) is 0. The molecular weight excluding hydrogens is 300 g/mol. The number of hydrogen-bond acceptors (Lipinski definition) is 5. The summed E-state index contributed by atoms with van der Waals surface area (Å²) in [5.74, 6) is 0.567. The van der Waals surface area contributed by atoms with Gasteiger partial charge in [0.25, 0.3) is 0 Å². The minimum Gasteiger partial charge on any atom is -0.292 e. The summed E-state index contributed by atoms with van der Waals surface area (Å²) in [5.41, 5.74) is 0.909. The fourth-order valence-corrected chi connectivity index (χ4v) is 3.87. The molecule has 0 aliphatic carbocycles. The van der Waals surface area contributed by atoms with E-state index in [1.807, 2.05) is 36.4 Å². The normalized spacial score (nSPS) is 10.9. The van der Waals surface area contributed by atoms with Crippen molar-refractivity contribution in [2.75, 3.05) is 5.75 Å². The van der Waals surface area contributed by atoms with Gasteiger partial charge in [0.1, 0.15) is 11.4 Å². The van der Waals surface area contributed by atoms with Crippen LogP contribution in [0.4, 0.5) is 0 Å². The van der Waals surface area contributed by atoms with Gasteiger partial charge in [-0.15, -0.1) is 11.3 Å². The first-order chi connectivity index (χ1) is 10.3. The quantitative estimate of drug-likeness (QED) is 0.401. The third-order valence-corrected chi connectivity index (χ3v) is 5.41. The number of thiophene rings is 1. The summed E-state index contributed by atoms with van der Waals surface area (Å²) in [4.78, 5) is 22.8. The zero-order valence-electron chi connectivity index (χ0n) is 11.6. The van der Waals surface area contributed by atoms with E-state index < -0.39 is 0 Å². The molecular formula is C16H14N2OS2. The zero-order chi connectivity index (χ0) is 14.7. The molecule has 0 atom stereocenters. The number of aromatic nitrogens is 2. The average Bonchev–Trinajstić information content (AvgIpc) is 3.01. The smallest absolute Gasteiger partial charge is 0.183 e. The van der Waals surface area contributed by atoms with E-state index >= 15 is 0 Å². The SMILES string of the molecule is CCc1ccc(C(=O)CSc2ncnc3ccccc23)s1. The summed E-state index contributed by atoms with van der Waals surface area (Å²) in [5, 5.41) is 1.86. The second kappa shape index (κ2) is 6.37. The average molecular weight is 314 g/mol. The predicted molar refractivity (Wildman–Crippen MR) is 88.3 cm³/mol. The van der Waals surface area contributed by atoms with Gasteiger partial charge in [-0.05, 0) is 24.6 Å². The van der Waals surface area contributed by atoms with Gasteiger partial charge in [0, 0.05) is 10.3 Å². The standard InChI is InChI=1S/C16H14N2OS2/c1-2-11-7-8-15(21-11)14(19)9-20-16-12-5-3-4-6-13(12)17-10-18-16/h3-8,10H,2,9H2,1H3. The van der Waals surface area contributed by atoms with Crippen LogP contribution in [0.5, 0.6) is 0 Å². The van der Waals surface area contributed by atoms with Gasteiger partial charge in [0.2, 0.25) is 0 Å². The van der Waals surface area contributed by atoms with Crippen LogP contribution in [0, 0.1) is 0 Å². The molecule has 1 aromatic carbocycles. The summed E-state index contributed by atoms with van der Waals surface area (Å²) < 4.78 is 0. The van der Waals surface area contributed by atoms with E-state index in [2.05, 4.69) is 16.9 Å². The first-order valence-corrected chi connectivity index (χ1v) is 8.52. The van der Waals surface area contributed by atoms with Crippen LogP contribution in [0.3, 0.4) is 0 Å². The largest absolute Gasteiger partial charge is 0.292 e. The number of carbonyl (C=O) groups excluding carboxylic acids is 1. The van der Waals surface area contributed by atoms with E-state index in [0.717, 1.165) is 27.2 Å². The Morgan fingerprint density at radius 3 is 2.86 bits per heavy atom. The Labute approximate surface area is 131 Å². The first-order valence-electron chi connectivity index (χ1n) is 6.72. The molecule has 0 fully saturated rings. The molecule has 0 aliphatic heterocycles. The molecule has 106 valence electrons. The van der Waals surface area contributed by atoms with Crippen molar-refractivity contribution in [2.45, 2.75) is 18.4 Å². The van der Waals surface area contributed by atoms with Crippen LogP contribution in [0.25, 0.3) is 10.9 Å². The molecule has 5 heteroatoms. The van der Waals surface area contributed by atoms with Gasteiger partial charge in [-0.3, -0.25) is 4.79 Å². The Hall–Kier alpha value is -1.72. The molecule has 0 unspecified atom stereocenters. The van der Waals surface area contributed by atoms with Gasteiger partial charge in [-0.1, -0.05) is 36.9 Å². The molecule has 21 heavy (non-hydrogen) atoms. The highest BCUT2D eigenvalue weighted by atomic mass is 32.2. The molecule has 2 heterocycles. The fraction of sp³-hybridized carbons (Fsp3) is 0.188. The maximum Gasteiger partial charge on any atom is 0.183 e. The van der Waals surface area contributed by atoms with E-state index in [1.54, 1.807) is 17.7 Å². The third kappa shape index (κ3) is 3.14.